The third kappa shape index (κ3) is 3.73. The fourth-order valence-corrected chi connectivity index (χ4v) is 3.10. The predicted molar refractivity (Wildman–Crippen MR) is 107 cm³/mol. The number of nitrogens with one attached hydrogen (secondary N) is 2. The zero-order valence-corrected chi connectivity index (χ0v) is 15.4. The van der Waals surface area contributed by atoms with Crippen molar-refractivity contribution in [2.45, 2.75) is 6.92 Å². The van der Waals surface area contributed by atoms with Crippen LogP contribution >= 0.6 is 0 Å². The number of anilines is 3. The van der Waals surface area contributed by atoms with E-state index in [2.05, 4.69) is 21.8 Å². The Labute approximate surface area is 158 Å². The van der Waals surface area contributed by atoms with Gasteiger partial charge in [-0.3, -0.25) is 0 Å². The van der Waals surface area contributed by atoms with Crippen molar-refractivity contribution in [2.24, 2.45) is 0 Å². The molecule has 2 N–H and O–H groups in total. The molecule has 0 aliphatic carbocycles. The number of nitrogens with zero attached hydrogens (tertiary/aromatic N) is 3. The highest BCUT2D eigenvalue weighted by Crippen LogP contribution is 2.31. The molecule has 2 aromatic heterocycles. The maximum absolute atomic E-state index is 5.76. The van der Waals surface area contributed by atoms with Gasteiger partial charge in [-0.05, 0) is 25.1 Å². The molecule has 7 nitrogen and oxygen atoms in total. The van der Waals surface area contributed by atoms with Crippen LogP contribution in [-0.2, 0) is 4.74 Å². The summed E-state index contributed by atoms with van der Waals surface area (Å²) in [5.41, 5.74) is 2.71. The number of aromatic amines is 1. The fraction of sp³-hybridized carbons (Fsp3) is 0.300. The average molecular weight is 365 g/mol. The van der Waals surface area contributed by atoms with Crippen LogP contribution in [0.15, 0.2) is 43.0 Å². The lowest BCUT2D eigenvalue weighted by molar-refractivity contribution is 0.122. The number of hydrogen-bond donors (Lipinski definition) is 2. The lowest BCUT2D eigenvalue weighted by Gasteiger charge is -2.27. The number of hydrogen-bond acceptors (Lipinski definition) is 6. The minimum atomic E-state index is 0.445. The summed E-state index contributed by atoms with van der Waals surface area (Å²) in [6.07, 6.45) is 1.73. The van der Waals surface area contributed by atoms with E-state index in [0.717, 1.165) is 47.1 Å². The Morgan fingerprint density at radius 3 is 2.93 bits per heavy atom. The van der Waals surface area contributed by atoms with Gasteiger partial charge in [0, 0.05) is 18.8 Å². The van der Waals surface area contributed by atoms with Crippen molar-refractivity contribution in [1.29, 1.82) is 0 Å². The standard InChI is InChI=1S/C20H23N5O2/c1-3-10-27-17-7-5-4-6-16(17)22-19-15-13-14(2)21-18(15)23-20(24-19)25-8-11-26-12-9-25/h3-7,13H,1,8-12H2,2H3,(H2,21,22,23,24). The number of rotatable bonds is 6. The van der Waals surface area contributed by atoms with E-state index in [1.807, 2.05) is 37.3 Å². The van der Waals surface area contributed by atoms with Crippen LogP contribution in [-0.4, -0.2) is 47.9 Å². The smallest absolute Gasteiger partial charge is 0.229 e. The highest BCUT2D eigenvalue weighted by atomic mass is 16.5. The van der Waals surface area contributed by atoms with Gasteiger partial charge in [-0.25, -0.2) is 0 Å². The molecule has 0 bridgehead atoms. The molecule has 7 heteroatoms. The summed E-state index contributed by atoms with van der Waals surface area (Å²) in [7, 11) is 0. The first-order chi connectivity index (χ1) is 13.2. The quantitative estimate of drug-likeness (QED) is 0.652. The summed E-state index contributed by atoms with van der Waals surface area (Å²) in [5.74, 6) is 2.20. The van der Waals surface area contributed by atoms with Crippen LogP contribution in [0.1, 0.15) is 5.69 Å². The van der Waals surface area contributed by atoms with Crippen LogP contribution < -0.4 is 15.0 Å². The molecule has 0 atom stereocenters. The molecule has 0 spiro atoms. The lowest BCUT2D eigenvalue weighted by Crippen LogP contribution is -2.37. The molecule has 3 heterocycles. The zero-order valence-electron chi connectivity index (χ0n) is 15.4. The molecule has 1 aromatic carbocycles. The van der Waals surface area contributed by atoms with E-state index in [9.17, 15) is 0 Å². The molecule has 0 amide bonds. The molecule has 1 saturated heterocycles. The zero-order chi connectivity index (χ0) is 18.6. The van der Waals surface area contributed by atoms with Gasteiger partial charge in [-0.15, -0.1) is 0 Å². The van der Waals surface area contributed by atoms with Gasteiger partial charge in [0.05, 0.1) is 24.3 Å². The number of aromatic nitrogens is 3. The van der Waals surface area contributed by atoms with Gasteiger partial charge < -0.3 is 24.7 Å². The molecule has 3 aromatic rings. The number of morpholine rings is 1. The monoisotopic (exact) mass is 365 g/mol. The van der Waals surface area contributed by atoms with Crippen LogP contribution in [0.4, 0.5) is 17.5 Å². The Morgan fingerprint density at radius 1 is 1.30 bits per heavy atom. The van der Waals surface area contributed by atoms with Crippen molar-refractivity contribution in [1.82, 2.24) is 15.0 Å². The van der Waals surface area contributed by atoms with Gasteiger partial charge in [0.15, 0.2) is 0 Å². The van der Waals surface area contributed by atoms with E-state index in [-0.39, 0.29) is 0 Å². The van der Waals surface area contributed by atoms with Crippen molar-refractivity contribution in [3.8, 4) is 5.75 Å². The normalized spacial score (nSPS) is 14.3. The highest BCUT2D eigenvalue weighted by Gasteiger charge is 2.18. The topological polar surface area (TPSA) is 75.3 Å². The van der Waals surface area contributed by atoms with E-state index in [0.29, 0.717) is 25.8 Å². The van der Waals surface area contributed by atoms with Crippen molar-refractivity contribution in [3.63, 3.8) is 0 Å². The summed E-state index contributed by atoms with van der Waals surface area (Å²) < 4.78 is 11.2. The Morgan fingerprint density at radius 2 is 2.11 bits per heavy atom. The van der Waals surface area contributed by atoms with E-state index >= 15 is 0 Å². The predicted octanol–water partition coefficient (Wildman–Crippen LogP) is 3.41. The Hall–Kier alpha value is -3.06. The number of ether oxygens (including phenoxy) is 2. The minimum absolute atomic E-state index is 0.445. The summed E-state index contributed by atoms with van der Waals surface area (Å²) >= 11 is 0. The summed E-state index contributed by atoms with van der Waals surface area (Å²) in [4.78, 5) is 15.0. The molecule has 140 valence electrons. The number of aryl methyl sites for hydroxylation is 1. The third-order valence-corrected chi connectivity index (χ3v) is 4.40. The third-order valence-electron chi connectivity index (χ3n) is 4.40. The molecule has 0 unspecified atom stereocenters. The van der Waals surface area contributed by atoms with Crippen molar-refractivity contribution in [2.75, 3.05) is 43.1 Å². The summed E-state index contributed by atoms with van der Waals surface area (Å²) in [6, 6.07) is 9.86. The summed E-state index contributed by atoms with van der Waals surface area (Å²) in [6.45, 7) is 9.11. The van der Waals surface area contributed by atoms with Crippen LogP contribution in [0.3, 0.4) is 0 Å². The minimum Gasteiger partial charge on any atom is -0.487 e. The van der Waals surface area contributed by atoms with Gasteiger partial charge in [-0.1, -0.05) is 24.8 Å². The average Bonchev–Trinajstić information content (AvgIpc) is 3.08. The van der Waals surface area contributed by atoms with Gasteiger partial charge in [-0.2, -0.15) is 9.97 Å². The lowest BCUT2D eigenvalue weighted by atomic mass is 10.2. The van der Waals surface area contributed by atoms with Gasteiger partial charge in [0.1, 0.15) is 23.8 Å². The highest BCUT2D eigenvalue weighted by molar-refractivity contribution is 5.91. The number of para-hydroxylation sites is 2. The second kappa shape index (κ2) is 7.67. The van der Waals surface area contributed by atoms with E-state index < -0.39 is 0 Å². The second-order valence-electron chi connectivity index (χ2n) is 6.41. The van der Waals surface area contributed by atoms with E-state index in [4.69, 9.17) is 19.4 Å². The molecule has 0 saturated carbocycles. The van der Waals surface area contributed by atoms with Crippen LogP contribution in [0.2, 0.25) is 0 Å². The summed E-state index contributed by atoms with van der Waals surface area (Å²) in [5, 5.41) is 4.38. The molecular formula is C20H23N5O2. The van der Waals surface area contributed by atoms with Crippen LogP contribution in [0.5, 0.6) is 5.75 Å². The Kier molecular flexibility index (Phi) is 4.93. The van der Waals surface area contributed by atoms with E-state index in [1.165, 1.54) is 0 Å². The number of benzene rings is 1. The molecule has 27 heavy (non-hydrogen) atoms. The first-order valence-electron chi connectivity index (χ1n) is 9.04. The SMILES string of the molecule is C=CCOc1ccccc1Nc1nc(N2CCOCC2)nc2[nH]c(C)cc12. The maximum Gasteiger partial charge on any atom is 0.229 e. The largest absolute Gasteiger partial charge is 0.487 e. The van der Waals surface area contributed by atoms with Gasteiger partial charge in [0.2, 0.25) is 5.95 Å². The van der Waals surface area contributed by atoms with Gasteiger partial charge in [0.25, 0.3) is 0 Å². The molecule has 0 radical (unpaired) electrons. The number of fused-ring (bicyclic) bond motifs is 1. The van der Waals surface area contributed by atoms with E-state index in [1.54, 1.807) is 6.08 Å². The maximum atomic E-state index is 5.76. The molecule has 1 fully saturated rings. The first kappa shape index (κ1) is 17.4. The molecule has 1 aliphatic heterocycles. The fourth-order valence-electron chi connectivity index (χ4n) is 3.10. The van der Waals surface area contributed by atoms with Crippen LogP contribution in [0.25, 0.3) is 11.0 Å². The Bertz CT molecular complexity index is 947. The van der Waals surface area contributed by atoms with Crippen molar-refractivity contribution < 1.29 is 9.47 Å². The van der Waals surface area contributed by atoms with Gasteiger partial charge >= 0.3 is 0 Å². The molecular weight excluding hydrogens is 342 g/mol. The second-order valence-corrected chi connectivity index (χ2v) is 6.41. The van der Waals surface area contributed by atoms with Crippen molar-refractivity contribution >= 4 is 28.5 Å². The first-order valence-corrected chi connectivity index (χ1v) is 9.04. The molecule has 4 rings (SSSR count). The Balaban J connectivity index is 1.73. The van der Waals surface area contributed by atoms with Crippen LogP contribution in [0, 0.1) is 6.92 Å². The number of H-pyrrole nitrogens is 1. The molecule has 1 aliphatic rings. The van der Waals surface area contributed by atoms with Crippen molar-refractivity contribution in [3.05, 3.63) is 48.7 Å².